The number of hydrogen-bond acceptors (Lipinski definition) is 4. The Morgan fingerprint density at radius 3 is 1.93 bits per heavy atom. The molecule has 0 amide bonds. The predicted octanol–water partition coefficient (Wildman–Crippen LogP) is 8.59. The van der Waals surface area contributed by atoms with Crippen molar-refractivity contribution in [2.75, 3.05) is 18.4 Å². The molecule has 0 unspecified atom stereocenters. The lowest BCUT2D eigenvalue weighted by Crippen LogP contribution is -2.26. The number of nitrogens with one attached hydrogen (secondary N) is 1. The first kappa shape index (κ1) is 25.2. The summed E-state index contributed by atoms with van der Waals surface area (Å²) in [4.78, 5) is 12.4. The van der Waals surface area contributed by atoms with Gasteiger partial charge in [0, 0.05) is 42.3 Å². The summed E-state index contributed by atoms with van der Waals surface area (Å²) in [5, 5.41) is 9.90. The van der Waals surface area contributed by atoms with Crippen LogP contribution in [0, 0.1) is 0 Å². The summed E-state index contributed by atoms with van der Waals surface area (Å²) in [6, 6.07) is 44.8. The van der Waals surface area contributed by atoms with Crippen LogP contribution < -0.4 is 5.32 Å². The molecule has 0 spiro atoms. The number of nitrogens with zero attached hydrogens (tertiary/aromatic N) is 3. The van der Waals surface area contributed by atoms with Crippen molar-refractivity contribution in [1.82, 2.24) is 14.9 Å². The number of hydrogen-bond donors (Lipinski definition) is 1. The second kappa shape index (κ2) is 11.4. The Morgan fingerprint density at radius 1 is 0.512 bits per heavy atom. The van der Waals surface area contributed by atoms with E-state index in [1.807, 2.05) is 0 Å². The molecule has 0 atom stereocenters. The summed E-state index contributed by atoms with van der Waals surface area (Å²) in [5.74, 6) is 0. The first-order valence-electron chi connectivity index (χ1n) is 14.4. The first-order valence-corrected chi connectivity index (χ1v) is 14.4. The average Bonchev–Trinajstić information content (AvgIpc) is 3.02. The summed E-state index contributed by atoms with van der Waals surface area (Å²) in [6.45, 7) is 3.49. The monoisotopic (exact) mass is 532 g/mol. The molecule has 4 nitrogen and oxygen atoms in total. The minimum absolute atomic E-state index is 0.801. The van der Waals surface area contributed by atoms with Gasteiger partial charge in [-0.1, -0.05) is 103 Å². The van der Waals surface area contributed by atoms with Crippen LogP contribution in [0.3, 0.4) is 0 Å². The van der Waals surface area contributed by atoms with Crippen LogP contribution >= 0.6 is 0 Å². The Balaban J connectivity index is 1.13. The van der Waals surface area contributed by atoms with Gasteiger partial charge in [0.25, 0.3) is 0 Å². The maximum absolute atomic E-state index is 5.00. The minimum Gasteiger partial charge on any atom is -0.384 e. The van der Waals surface area contributed by atoms with Crippen molar-refractivity contribution in [3.05, 3.63) is 139 Å². The van der Waals surface area contributed by atoms with E-state index in [-0.39, 0.29) is 0 Å². The number of fused-ring (bicyclic) bond motifs is 4. The molecule has 0 aliphatic heterocycles. The molecule has 0 aliphatic carbocycles. The van der Waals surface area contributed by atoms with Crippen LogP contribution in [-0.4, -0.2) is 28.0 Å². The maximum atomic E-state index is 5.00. The average molecular weight is 533 g/mol. The third-order valence-corrected chi connectivity index (χ3v) is 7.86. The minimum atomic E-state index is 0.801. The summed E-state index contributed by atoms with van der Waals surface area (Å²) in [5.41, 5.74) is 6.71. The summed E-state index contributed by atoms with van der Waals surface area (Å²) in [6.07, 6.45) is 1.00. The molecule has 0 fully saturated rings. The van der Waals surface area contributed by atoms with Gasteiger partial charge in [0.15, 0.2) is 0 Å². The van der Waals surface area contributed by atoms with Gasteiger partial charge in [0.2, 0.25) is 0 Å². The topological polar surface area (TPSA) is 41.1 Å². The van der Waals surface area contributed by atoms with Crippen LogP contribution in [0.25, 0.3) is 43.5 Å². The summed E-state index contributed by atoms with van der Waals surface area (Å²) >= 11 is 0. The highest BCUT2D eigenvalue weighted by molar-refractivity contribution is 6.07. The second-order valence-electron chi connectivity index (χ2n) is 10.6. The lowest BCUT2D eigenvalue weighted by atomic mass is 10.0. The second-order valence-corrected chi connectivity index (χ2v) is 10.6. The number of rotatable bonds is 9. The van der Waals surface area contributed by atoms with E-state index in [4.69, 9.17) is 9.97 Å². The van der Waals surface area contributed by atoms with E-state index >= 15 is 0 Å². The molecule has 200 valence electrons. The van der Waals surface area contributed by atoms with Gasteiger partial charge in [0.1, 0.15) is 0 Å². The lowest BCUT2D eigenvalue weighted by Gasteiger charge is -2.23. The van der Waals surface area contributed by atoms with E-state index in [2.05, 4.69) is 138 Å². The highest BCUT2D eigenvalue weighted by Gasteiger charge is 2.12. The van der Waals surface area contributed by atoms with Crippen LogP contribution in [0.1, 0.15) is 17.7 Å². The van der Waals surface area contributed by atoms with Gasteiger partial charge in [-0.15, -0.1) is 0 Å². The molecule has 41 heavy (non-hydrogen) atoms. The zero-order chi connectivity index (χ0) is 27.4. The third-order valence-electron chi connectivity index (χ3n) is 7.86. The van der Waals surface area contributed by atoms with E-state index in [1.54, 1.807) is 0 Å². The Labute approximate surface area is 240 Å². The van der Waals surface area contributed by atoms with Gasteiger partial charge < -0.3 is 5.32 Å². The van der Waals surface area contributed by atoms with Crippen LogP contribution in [-0.2, 0) is 13.1 Å². The van der Waals surface area contributed by atoms with Crippen molar-refractivity contribution >= 4 is 49.2 Å². The molecule has 4 heteroatoms. The van der Waals surface area contributed by atoms with Gasteiger partial charge >= 0.3 is 0 Å². The number of pyridine rings is 2. The van der Waals surface area contributed by atoms with Crippen LogP contribution in [0.15, 0.2) is 127 Å². The van der Waals surface area contributed by atoms with E-state index in [0.29, 0.717) is 0 Å². The molecule has 5 aromatic carbocycles. The van der Waals surface area contributed by atoms with Gasteiger partial charge in [0.05, 0.1) is 27.9 Å². The SMILES string of the molecule is c1ccc2nc(CN(CCCNc3c4ccccc4nc4ccccc34)Cc3cccc4ccccc34)ccc2c1. The van der Waals surface area contributed by atoms with E-state index in [1.165, 1.54) is 38.2 Å². The van der Waals surface area contributed by atoms with Crippen molar-refractivity contribution < 1.29 is 0 Å². The van der Waals surface area contributed by atoms with Crippen molar-refractivity contribution in [2.24, 2.45) is 0 Å². The molecule has 0 saturated carbocycles. The Kier molecular flexibility index (Phi) is 6.98. The number of anilines is 1. The molecule has 0 aliphatic rings. The normalized spacial score (nSPS) is 11.6. The smallest absolute Gasteiger partial charge is 0.0730 e. The van der Waals surface area contributed by atoms with Crippen molar-refractivity contribution in [2.45, 2.75) is 19.5 Å². The molecular weight excluding hydrogens is 500 g/mol. The fraction of sp³-hybridized carbons (Fsp3) is 0.135. The highest BCUT2D eigenvalue weighted by atomic mass is 15.1. The van der Waals surface area contributed by atoms with Gasteiger partial charge in [-0.3, -0.25) is 9.88 Å². The largest absolute Gasteiger partial charge is 0.384 e. The Bertz CT molecular complexity index is 1920. The molecule has 2 heterocycles. The highest BCUT2D eigenvalue weighted by Crippen LogP contribution is 2.30. The number of benzene rings is 5. The molecule has 7 aromatic rings. The van der Waals surface area contributed by atoms with Gasteiger partial charge in [-0.25, -0.2) is 4.98 Å². The molecule has 0 saturated heterocycles. The molecule has 0 bridgehead atoms. The molecule has 0 radical (unpaired) electrons. The number of para-hydroxylation sites is 3. The number of aromatic nitrogens is 2. The van der Waals surface area contributed by atoms with Crippen LogP contribution in [0.5, 0.6) is 0 Å². The zero-order valence-electron chi connectivity index (χ0n) is 23.0. The Morgan fingerprint density at radius 2 is 1.15 bits per heavy atom. The Hall–Kier alpha value is -4.80. The fourth-order valence-electron chi connectivity index (χ4n) is 5.86. The molecule has 1 N–H and O–H groups in total. The maximum Gasteiger partial charge on any atom is 0.0730 e. The third kappa shape index (κ3) is 5.34. The molecule has 2 aromatic heterocycles. The zero-order valence-corrected chi connectivity index (χ0v) is 23.0. The first-order chi connectivity index (χ1) is 20.3. The van der Waals surface area contributed by atoms with E-state index < -0.39 is 0 Å². The molecular formula is C37H32N4. The van der Waals surface area contributed by atoms with Crippen molar-refractivity contribution in [3.8, 4) is 0 Å². The van der Waals surface area contributed by atoms with Gasteiger partial charge in [-0.2, -0.15) is 0 Å². The van der Waals surface area contributed by atoms with Crippen LogP contribution in [0.4, 0.5) is 5.69 Å². The van der Waals surface area contributed by atoms with Gasteiger partial charge in [-0.05, 0) is 47.0 Å². The van der Waals surface area contributed by atoms with Crippen molar-refractivity contribution in [3.63, 3.8) is 0 Å². The molecule has 7 rings (SSSR count). The van der Waals surface area contributed by atoms with E-state index in [9.17, 15) is 0 Å². The predicted molar refractivity (Wildman–Crippen MR) is 172 cm³/mol. The van der Waals surface area contributed by atoms with E-state index in [0.717, 1.165) is 54.8 Å². The fourth-order valence-corrected chi connectivity index (χ4v) is 5.86. The lowest BCUT2D eigenvalue weighted by molar-refractivity contribution is 0.254. The van der Waals surface area contributed by atoms with Crippen LogP contribution in [0.2, 0.25) is 0 Å². The summed E-state index contributed by atoms with van der Waals surface area (Å²) in [7, 11) is 0. The summed E-state index contributed by atoms with van der Waals surface area (Å²) < 4.78 is 0. The standard InChI is InChI=1S/C37H32N4/c1-3-15-31-27(11-1)13-9-14-29(31)25-41(26-30-22-21-28-12-2-6-18-34(28)39-30)24-10-23-38-37-32-16-4-7-19-35(32)40-36-20-8-5-17-33(36)37/h1-9,11-22H,10,23-26H2,(H,38,40). The quantitative estimate of drug-likeness (QED) is 0.149. The van der Waals surface area contributed by atoms with Crippen molar-refractivity contribution in [1.29, 1.82) is 0 Å².